The molecule has 10 heteroatoms. The quantitative estimate of drug-likeness (QED) is 0.411. The molecule has 0 radical (unpaired) electrons. The summed E-state index contributed by atoms with van der Waals surface area (Å²) in [5.41, 5.74) is -1.77. The number of nitrogens with one attached hydrogen (secondary N) is 1. The van der Waals surface area contributed by atoms with Crippen molar-refractivity contribution in [2.75, 3.05) is 18.9 Å². The molecule has 0 saturated carbocycles. The van der Waals surface area contributed by atoms with Crippen LogP contribution >= 0.6 is 24.2 Å². The average Bonchev–Trinajstić information content (AvgIpc) is 3.21. The van der Waals surface area contributed by atoms with Gasteiger partial charge in [0.05, 0.1) is 0 Å². The van der Waals surface area contributed by atoms with E-state index in [1.807, 2.05) is 0 Å². The van der Waals surface area contributed by atoms with E-state index in [1.54, 1.807) is 30.3 Å². The molecule has 1 aromatic heterocycles. The third-order valence-electron chi connectivity index (χ3n) is 4.12. The minimum Gasteiger partial charge on any atom is -0.618 e. The van der Waals surface area contributed by atoms with Gasteiger partial charge in [-0.2, -0.15) is 13.5 Å². The van der Waals surface area contributed by atoms with Crippen molar-refractivity contribution < 1.29 is 27.8 Å². The van der Waals surface area contributed by atoms with E-state index in [4.69, 9.17) is 9.47 Å². The highest BCUT2D eigenvalue weighted by atomic mass is 35.5. The second kappa shape index (κ2) is 10.0. The SMILES string of the molecule is Cl.O=C(OCC(OC(F)F)(c1ccccc1)c1cccc[n+]1[O-])C1NCCS1. The molecule has 1 aliphatic rings. The summed E-state index contributed by atoms with van der Waals surface area (Å²) in [4.78, 5) is 12.3. The number of carbonyl (C=O) groups is 1. The Hall–Kier alpha value is -1.94. The van der Waals surface area contributed by atoms with Crippen molar-refractivity contribution in [3.8, 4) is 0 Å². The maximum atomic E-state index is 13.4. The smallest absolute Gasteiger partial charge is 0.346 e. The lowest BCUT2D eigenvalue weighted by Crippen LogP contribution is -2.49. The molecule has 1 N–H and O–H groups in total. The first-order valence-corrected chi connectivity index (χ1v) is 9.29. The van der Waals surface area contributed by atoms with E-state index in [-0.39, 0.29) is 23.7 Å². The molecule has 1 saturated heterocycles. The summed E-state index contributed by atoms with van der Waals surface area (Å²) in [6.45, 7) is -3.10. The van der Waals surface area contributed by atoms with E-state index in [1.165, 1.54) is 36.2 Å². The molecule has 2 atom stereocenters. The molecule has 28 heavy (non-hydrogen) atoms. The Kier molecular flexibility index (Phi) is 7.99. The largest absolute Gasteiger partial charge is 0.618 e. The Balaban J connectivity index is 0.00000280. The minimum atomic E-state index is -3.19. The van der Waals surface area contributed by atoms with Gasteiger partial charge in [-0.05, 0) is 11.6 Å². The molecule has 0 aliphatic carbocycles. The number of thioether (sulfide) groups is 1. The van der Waals surface area contributed by atoms with E-state index < -0.39 is 30.2 Å². The lowest BCUT2D eigenvalue weighted by Gasteiger charge is -2.31. The number of aromatic nitrogens is 1. The highest BCUT2D eigenvalue weighted by Gasteiger charge is 2.46. The van der Waals surface area contributed by atoms with E-state index in [9.17, 15) is 18.8 Å². The lowest BCUT2D eigenvalue weighted by atomic mass is 9.90. The number of hydrogen-bond donors (Lipinski definition) is 1. The second-order valence-electron chi connectivity index (χ2n) is 5.80. The maximum absolute atomic E-state index is 13.4. The first-order chi connectivity index (χ1) is 13.0. The first-order valence-electron chi connectivity index (χ1n) is 8.25. The van der Waals surface area contributed by atoms with Gasteiger partial charge >= 0.3 is 12.6 Å². The van der Waals surface area contributed by atoms with Gasteiger partial charge in [-0.1, -0.05) is 30.3 Å². The van der Waals surface area contributed by atoms with Crippen LogP contribution in [0, 0.1) is 5.21 Å². The summed E-state index contributed by atoms with van der Waals surface area (Å²) in [6, 6.07) is 12.4. The van der Waals surface area contributed by atoms with Gasteiger partial charge in [-0.25, -0.2) is 4.79 Å². The monoisotopic (exact) mass is 432 g/mol. The second-order valence-corrected chi connectivity index (χ2v) is 7.01. The van der Waals surface area contributed by atoms with Crippen molar-refractivity contribution in [1.29, 1.82) is 0 Å². The fourth-order valence-corrected chi connectivity index (χ4v) is 3.80. The molecule has 0 bridgehead atoms. The van der Waals surface area contributed by atoms with Gasteiger partial charge < -0.3 is 9.94 Å². The summed E-state index contributed by atoms with van der Waals surface area (Å²) in [5, 5.41) is 14.7. The number of carbonyl (C=O) groups excluding carboxylic acids is 1. The number of alkyl halides is 2. The van der Waals surface area contributed by atoms with Crippen molar-refractivity contribution in [3.05, 3.63) is 71.2 Å². The number of nitrogens with zero attached hydrogens (tertiary/aromatic N) is 1. The molecule has 6 nitrogen and oxygen atoms in total. The summed E-state index contributed by atoms with van der Waals surface area (Å²) in [5.74, 6) is 0.153. The highest BCUT2D eigenvalue weighted by Crippen LogP contribution is 2.34. The average molecular weight is 433 g/mol. The third-order valence-corrected chi connectivity index (χ3v) is 5.25. The van der Waals surface area contributed by atoms with Gasteiger partial charge in [-0.3, -0.25) is 10.1 Å². The molecular formula is C18H19ClF2N2O4S. The topological polar surface area (TPSA) is 74.5 Å². The normalized spacial score (nSPS) is 18.3. The molecular weight excluding hydrogens is 414 g/mol. The van der Waals surface area contributed by atoms with Crippen LogP contribution in [0.1, 0.15) is 11.3 Å². The van der Waals surface area contributed by atoms with Gasteiger partial charge in [0.1, 0.15) is 6.61 Å². The Bertz CT molecular complexity index is 781. The summed E-state index contributed by atoms with van der Waals surface area (Å²) in [7, 11) is 0. The molecule has 1 aliphatic heterocycles. The summed E-state index contributed by atoms with van der Waals surface area (Å²) in [6.07, 6.45) is 1.18. The molecule has 2 heterocycles. The zero-order chi connectivity index (χ0) is 19.3. The number of rotatable bonds is 7. The van der Waals surface area contributed by atoms with Gasteiger partial charge in [0, 0.05) is 24.4 Å². The number of esters is 1. The molecule has 2 unspecified atom stereocenters. The fraction of sp³-hybridized carbons (Fsp3) is 0.333. The van der Waals surface area contributed by atoms with E-state index in [0.29, 0.717) is 11.3 Å². The van der Waals surface area contributed by atoms with E-state index in [0.717, 1.165) is 5.75 Å². The number of benzene rings is 1. The molecule has 3 rings (SSSR count). The lowest BCUT2D eigenvalue weighted by molar-refractivity contribution is -0.623. The van der Waals surface area contributed by atoms with Crippen molar-refractivity contribution in [2.24, 2.45) is 0 Å². The predicted molar refractivity (Wildman–Crippen MR) is 102 cm³/mol. The van der Waals surface area contributed by atoms with Crippen LogP contribution in [0.2, 0.25) is 0 Å². The number of hydrogen-bond acceptors (Lipinski definition) is 6. The Morgan fingerprint density at radius 2 is 2.00 bits per heavy atom. The van der Waals surface area contributed by atoms with Gasteiger partial charge in [-0.15, -0.1) is 24.2 Å². The summed E-state index contributed by atoms with van der Waals surface area (Å²) < 4.78 is 37.4. The van der Waals surface area contributed by atoms with Crippen LogP contribution in [0.3, 0.4) is 0 Å². The Morgan fingerprint density at radius 3 is 2.61 bits per heavy atom. The molecule has 2 aromatic rings. The number of ether oxygens (including phenoxy) is 2. The third kappa shape index (κ3) is 4.91. The molecule has 152 valence electrons. The van der Waals surface area contributed by atoms with Gasteiger partial charge in [0.15, 0.2) is 11.6 Å². The van der Waals surface area contributed by atoms with Crippen LogP contribution < -0.4 is 10.0 Å². The number of pyridine rings is 1. The Labute approximate surface area is 171 Å². The number of halogens is 3. The van der Waals surface area contributed by atoms with Crippen LogP contribution in [0.25, 0.3) is 0 Å². The van der Waals surface area contributed by atoms with Gasteiger partial charge in [0.25, 0.3) is 0 Å². The zero-order valence-corrected chi connectivity index (χ0v) is 16.3. The Morgan fingerprint density at radius 1 is 1.29 bits per heavy atom. The maximum Gasteiger partial charge on any atom is 0.346 e. The van der Waals surface area contributed by atoms with Crippen molar-refractivity contribution in [1.82, 2.24) is 5.32 Å². The molecule has 0 amide bonds. The molecule has 1 aromatic carbocycles. The van der Waals surface area contributed by atoms with Crippen molar-refractivity contribution >= 4 is 30.1 Å². The fourth-order valence-electron chi connectivity index (χ4n) is 2.89. The van der Waals surface area contributed by atoms with Crippen LogP contribution in [0.4, 0.5) is 8.78 Å². The standard InChI is InChI=1S/C18H18F2N2O4S.ClH/c19-17(20)26-18(13-6-2-1-3-7-13,14-8-4-5-10-22(14)24)12-25-16(23)15-21-9-11-27-15;/h1-8,10,15,17,21H,9,11-12H2;1H. The van der Waals surface area contributed by atoms with Crippen LogP contribution in [0.5, 0.6) is 0 Å². The van der Waals surface area contributed by atoms with Gasteiger partial charge in [0.2, 0.25) is 11.3 Å². The van der Waals surface area contributed by atoms with Crippen LogP contribution in [0.15, 0.2) is 54.7 Å². The van der Waals surface area contributed by atoms with Crippen molar-refractivity contribution in [3.63, 3.8) is 0 Å². The van der Waals surface area contributed by atoms with Crippen LogP contribution in [-0.2, 0) is 19.9 Å². The summed E-state index contributed by atoms with van der Waals surface area (Å²) >= 11 is 1.37. The molecule has 1 fully saturated rings. The minimum absolute atomic E-state index is 0. The first kappa shape index (κ1) is 22.4. The highest BCUT2D eigenvalue weighted by molar-refractivity contribution is 8.00. The van der Waals surface area contributed by atoms with E-state index >= 15 is 0 Å². The zero-order valence-electron chi connectivity index (χ0n) is 14.6. The van der Waals surface area contributed by atoms with Crippen LogP contribution in [-0.4, -0.2) is 36.9 Å². The molecule has 0 spiro atoms. The van der Waals surface area contributed by atoms with E-state index in [2.05, 4.69) is 5.32 Å². The van der Waals surface area contributed by atoms with Crippen molar-refractivity contribution in [2.45, 2.75) is 17.6 Å². The predicted octanol–water partition coefficient (Wildman–Crippen LogP) is 2.43.